The van der Waals surface area contributed by atoms with Gasteiger partial charge in [0.05, 0.1) is 12.5 Å². The van der Waals surface area contributed by atoms with Gasteiger partial charge in [-0.05, 0) is 12.3 Å². The van der Waals surface area contributed by atoms with Crippen LogP contribution >= 0.6 is 11.6 Å². The molecule has 0 aromatic carbocycles. The van der Waals surface area contributed by atoms with Crippen molar-refractivity contribution in [3.8, 4) is 6.07 Å². The van der Waals surface area contributed by atoms with E-state index >= 15 is 0 Å². The molecule has 0 saturated heterocycles. The molecule has 0 unspecified atom stereocenters. The quantitative estimate of drug-likeness (QED) is 0.632. The van der Waals surface area contributed by atoms with Crippen LogP contribution in [-0.4, -0.2) is 7.05 Å². The number of nitrogens with zero attached hydrogens (tertiary/aromatic N) is 1. The fourth-order valence-electron chi connectivity index (χ4n) is 0.374. The molecule has 2 nitrogen and oxygen atoms in total. The van der Waals surface area contributed by atoms with E-state index in [0.717, 1.165) is 0 Å². The maximum Gasteiger partial charge on any atom is 0.0663 e. The first kappa shape index (κ1) is 9.06. The molecule has 0 aliphatic carbocycles. The van der Waals surface area contributed by atoms with E-state index in [1.165, 1.54) is 0 Å². The third-order valence-corrected chi connectivity index (χ3v) is 1.08. The van der Waals surface area contributed by atoms with E-state index in [1.54, 1.807) is 25.4 Å². The Hall–Kier alpha value is -0.940. The normalized spacial score (nSPS) is 11.5. The van der Waals surface area contributed by atoms with Crippen LogP contribution in [0.1, 0.15) is 6.42 Å². The summed E-state index contributed by atoms with van der Waals surface area (Å²) in [4.78, 5) is 0. The average Bonchev–Trinajstić information content (AvgIpc) is 1.97. The second-order valence-corrected chi connectivity index (χ2v) is 2.01. The molecular formula is C7H9ClN2. The first-order valence-electron chi connectivity index (χ1n) is 2.87. The molecule has 0 aromatic rings. The van der Waals surface area contributed by atoms with Crippen LogP contribution in [0.2, 0.25) is 0 Å². The molecule has 0 radical (unpaired) electrons. The number of nitrogens with one attached hydrogen (secondary N) is 1. The molecule has 0 aliphatic heterocycles. The lowest BCUT2D eigenvalue weighted by Gasteiger charge is -1.85. The lowest BCUT2D eigenvalue weighted by molar-refractivity contribution is 1.10. The predicted octanol–water partition coefficient (Wildman–Crippen LogP) is 1.76. The SMILES string of the molecule is CN/C=C\C(Cl)=C/CC#N. The molecule has 0 heterocycles. The zero-order chi connectivity index (χ0) is 7.82. The summed E-state index contributed by atoms with van der Waals surface area (Å²) in [6.07, 6.45) is 5.40. The molecule has 0 fully saturated rings. The van der Waals surface area contributed by atoms with Gasteiger partial charge in [0.2, 0.25) is 0 Å². The third-order valence-electron chi connectivity index (χ3n) is 0.798. The summed E-state index contributed by atoms with van der Waals surface area (Å²) in [6.45, 7) is 0. The van der Waals surface area contributed by atoms with E-state index < -0.39 is 0 Å². The fraction of sp³-hybridized carbons (Fsp3) is 0.286. The van der Waals surface area contributed by atoms with Gasteiger partial charge in [-0.2, -0.15) is 5.26 Å². The van der Waals surface area contributed by atoms with Gasteiger partial charge in [0, 0.05) is 12.1 Å². The topological polar surface area (TPSA) is 35.8 Å². The van der Waals surface area contributed by atoms with Crippen molar-refractivity contribution in [3.63, 3.8) is 0 Å². The van der Waals surface area contributed by atoms with Gasteiger partial charge >= 0.3 is 0 Å². The Labute approximate surface area is 65.8 Å². The molecule has 0 saturated carbocycles. The van der Waals surface area contributed by atoms with Crippen molar-refractivity contribution in [2.24, 2.45) is 0 Å². The molecule has 0 amide bonds. The van der Waals surface area contributed by atoms with E-state index in [-0.39, 0.29) is 0 Å². The summed E-state index contributed by atoms with van der Waals surface area (Å²) in [5.41, 5.74) is 0. The first-order valence-corrected chi connectivity index (χ1v) is 3.25. The highest BCUT2D eigenvalue weighted by Crippen LogP contribution is 2.02. The minimum Gasteiger partial charge on any atom is -0.394 e. The van der Waals surface area contributed by atoms with Crippen LogP contribution in [0.4, 0.5) is 0 Å². The molecule has 0 atom stereocenters. The first-order chi connectivity index (χ1) is 4.81. The van der Waals surface area contributed by atoms with Crippen LogP contribution in [0.15, 0.2) is 23.4 Å². The second-order valence-electron chi connectivity index (χ2n) is 1.57. The Morgan fingerprint density at radius 1 is 1.80 bits per heavy atom. The van der Waals surface area contributed by atoms with Crippen LogP contribution in [0.3, 0.4) is 0 Å². The van der Waals surface area contributed by atoms with Crippen LogP contribution in [0, 0.1) is 11.3 Å². The van der Waals surface area contributed by atoms with Gasteiger partial charge in [-0.3, -0.25) is 0 Å². The van der Waals surface area contributed by atoms with Crippen molar-refractivity contribution in [2.45, 2.75) is 6.42 Å². The summed E-state index contributed by atoms with van der Waals surface area (Å²) in [5.74, 6) is 0. The van der Waals surface area contributed by atoms with Crippen molar-refractivity contribution in [3.05, 3.63) is 23.4 Å². The minimum atomic E-state index is 0.354. The Bertz CT molecular complexity index is 177. The number of nitriles is 1. The van der Waals surface area contributed by atoms with Crippen molar-refractivity contribution in [1.82, 2.24) is 5.32 Å². The molecule has 1 N–H and O–H groups in total. The van der Waals surface area contributed by atoms with Gasteiger partial charge < -0.3 is 5.32 Å². The molecule has 0 aromatic heterocycles. The van der Waals surface area contributed by atoms with Crippen molar-refractivity contribution in [1.29, 1.82) is 5.26 Å². The molecule has 54 valence electrons. The number of hydrogen-bond acceptors (Lipinski definition) is 2. The Morgan fingerprint density at radius 2 is 2.50 bits per heavy atom. The summed E-state index contributed by atoms with van der Waals surface area (Å²) >= 11 is 5.62. The van der Waals surface area contributed by atoms with E-state index in [2.05, 4.69) is 5.32 Å². The summed E-state index contributed by atoms with van der Waals surface area (Å²) in [6, 6.07) is 1.96. The zero-order valence-corrected chi connectivity index (χ0v) is 6.52. The van der Waals surface area contributed by atoms with Gasteiger partial charge in [0.25, 0.3) is 0 Å². The van der Waals surface area contributed by atoms with Crippen LogP contribution in [0.5, 0.6) is 0 Å². The standard InChI is InChI=1S/C7H9ClN2/c1-10-6-4-7(8)3-2-5-9/h3-4,6,10H,2H2,1H3/b6-4-,7-3+. The highest BCUT2D eigenvalue weighted by atomic mass is 35.5. The van der Waals surface area contributed by atoms with Crippen molar-refractivity contribution >= 4 is 11.6 Å². The van der Waals surface area contributed by atoms with Gasteiger partial charge in [-0.25, -0.2) is 0 Å². The van der Waals surface area contributed by atoms with E-state index in [0.29, 0.717) is 11.5 Å². The molecule has 0 aliphatic rings. The van der Waals surface area contributed by atoms with E-state index in [4.69, 9.17) is 16.9 Å². The minimum absolute atomic E-state index is 0.354. The largest absolute Gasteiger partial charge is 0.394 e. The highest BCUT2D eigenvalue weighted by Gasteiger charge is 1.81. The highest BCUT2D eigenvalue weighted by molar-refractivity contribution is 6.31. The zero-order valence-electron chi connectivity index (χ0n) is 5.76. The Kier molecular flexibility index (Phi) is 5.60. The number of rotatable bonds is 3. The van der Waals surface area contributed by atoms with E-state index in [1.807, 2.05) is 6.07 Å². The Morgan fingerprint density at radius 3 is 3.00 bits per heavy atom. The predicted molar refractivity (Wildman–Crippen MR) is 42.4 cm³/mol. The van der Waals surface area contributed by atoms with Gasteiger partial charge in [-0.15, -0.1) is 0 Å². The van der Waals surface area contributed by atoms with Crippen LogP contribution < -0.4 is 5.32 Å². The maximum atomic E-state index is 8.15. The molecule has 0 bridgehead atoms. The molecule has 3 heteroatoms. The second kappa shape index (κ2) is 6.18. The van der Waals surface area contributed by atoms with Gasteiger partial charge in [0.1, 0.15) is 0 Å². The summed E-state index contributed by atoms with van der Waals surface area (Å²) in [7, 11) is 1.78. The fourth-order valence-corrected chi connectivity index (χ4v) is 0.514. The average molecular weight is 157 g/mol. The number of allylic oxidation sites excluding steroid dienone is 3. The smallest absolute Gasteiger partial charge is 0.0663 e. The molecular weight excluding hydrogens is 148 g/mol. The lowest BCUT2D eigenvalue weighted by Crippen LogP contribution is -1.90. The maximum absolute atomic E-state index is 8.15. The van der Waals surface area contributed by atoms with E-state index in [9.17, 15) is 0 Å². The molecule has 10 heavy (non-hydrogen) atoms. The van der Waals surface area contributed by atoms with Crippen molar-refractivity contribution in [2.75, 3.05) is 7.05 Å². The van der Waals surface area contributed by atoms with Gasteiger partial charge in [0.15, 0.2) is 0 Å². The monoisotopic (exact) mass is 156 g/mol. The third kappa shape index (κ3) is 5.20. The number of hydrogen-bond donors (Lipinski definition) is 1. The summed E-state index contributed by atoms with van der Waals surface area (Å²) < 4.78 is 0. The van der Waals surface area contributed by atoms with Crippen molar-refractivity contribution < 1.29 is 0 Å². The van der Waals surface area contributed by atoms with Gasteiger partial charge in [-0.1, -0.05) is 17.7 Å². The molecule has 0 rings (SSSR count). The van der Waals surface area contributed by atoms with Crippen LogP contribution in [-0.2, 0) is 0 Å². The van der Waals surface area contributed by atoms with Crippen LogP contribution in [0.25, 0.3) is 0 Å². The lowest BCUT2D eigenvalue weighted by atomic mass is 10.4. The molecule has 0 spiro atoms. The number of halogens is 1. The Balaban J connectivity index is 3.72. The summed E-state index contributed by atoms with van der Waals surface area (Å²) in [5, 5.41) is 11.5.